The van der Waals surface area contributed by atoms with E-state index in [1.807, 2.05) is 24.3 Å². The molecule has 1 aromatic heterocycles. The summed E-state index contributed by atoms with van der Waals surface area (Å²) >= 11 is 0. The average molecular weight is 255 g/mol. The number of anilines is 1. The number of rotatable bonds is 3. The van der Waals surface area contributed by atoms with Crippen LogP contribution < -0.4 is 10.6 Å². The zero-order valence-corrected chi connectivity index (χ0v) is 10.7. The Morgan fingerprint density at radius 3 is 3.21 bits per heavy atom. The second-order valence-corrected chi connectivity index (χ2v) is 5.01. The Morgan fingerprint density at radius 2 is 2.37 bits per heavy atom. The highest BCUT2D eigenvalue weighted by molar-refractivity contribution is 6.01. The standard InChI is InChI=1S/C15H17N3O/c19-15(8-11-4-6-16-9-11)18-14-3-1-2-12-5-7-17-10-13(12)14/h1-3,5,7,10-11,16H,4,6,8-9H2,(H,18,19). The van der Waals surface area contributed by atoms with E-state index in [9.17, 15) is 4.79 Å². The molecule has 1 saturated heterocycles. The second kappa shape index (κ2) is 5.36. The molecule has 3 rings (SSSR count). The SMILES string of the molecule is O=C(CC1CCNC1)Nc1cccc2ccncc12. The molecule has 4 heteroatoms. The molecule has 1 aliphatic heterocycles. The van der Waals surface area contributed by atoms with Crippen molar-refractivity contribution in [1.29, 1.82) is 0 Å². The predicted octanol–water partition coefficient (Wildman–Crippen LogP) is 2.17. The highest BCUT2D eigenvalue weighted by Gasteiger charge is 2.18. The number of benzene rings is 1. The lowest BCUT2D eigenvalue weighted by Gasteiger charge is -2.11. The maximum atomic E-state index is 12.1. The van der Waals surface area contributed by atoms with E-state index in [4.69, 9.17) is 0 Å². The fourth-order valence-corrected chi connectivity index (χ4v) is 2.57. The van der Waals surface area contributed by atoms with Gasteiger partial charge in [0.25, 0.3) is 0 Å². The van der Waals surface area contributed by atoms with Crippen LogP contribution in [-0.2, 0) is 4.79 Å². The van der Waals surface area contributed by atoms with E-state index < -0.39 is 0 Å². The van der Waals surface area contributed by atoms with Gasteiger partial charge in [-0.15, -0.1) is 0 Å². The summed E-state index contributed by atoms with van der Waals surface area (Å²) in [4.78, 5) is 16.2. The molecular formula is C15H17N3O. The zero-order valence-electron chi connectivity index (χ0n) is 10.7. The molecule has 1 amide bonds. The van der Waals surface area contributed by atoms with E-state index in [-0.39, 0.29) is 5.91 Å². The zero-order chi connectivity index (χ0) is 13.1. The van der Waals surface area contributed by atoms with E-state index >= 15 is 0 Å². The van der Waals surface area contributed by atoms with Crippen LogP contribution in [-0.4, -0.2) is 24.0 Å². The van der Waals surface area contributed by atoms with Gasteiger partial charge in [0.2, 0.25) is 5.91 Å². The van der Waals surface area contributed by atoms with Crippen molar-refractivity contribution >= 4 is 22.4 Å². The highest BCUT2D eigenvalue weighted by atomic mass is 16.1. The minimum Gasteiger partial charge on any atom is -0.325 e. The van der Waals surface area contributed by atoms with Crippen LogP contribution in [0.25, 0.3) is 10.8 Å². The number of hydrogen-bond donors (Lipinski definition) is 2. The molecule has 0 saturated carbocycles. The number of carbonyl (C=O) groups is 1. The van der Waals surface area contributed by atoms with Crippen LogP contribution >= 0.6 is 0 Å². The fraction of sp³-hybridized carbons (Fsp3) is 0.333. The van der Waals surface area contributed by atoms with Crippen LogP contribution in [0, 0.1) is 5.92 Å². The van der Waals surface area contributed by atoms with Gasteiger partial charge in [-0.1, -0.05) is 12.1 Å². The molecule has 1 fully saturated rings. The third-order valence-corrected chi connectivity index (χ3v) is 3.59. The van der Waals surface area contributed by atoms with E-state index in [0.717, 1.165) is 36.0 Å². The first-order chi connectivity index (χ1) is 9.33. The van der Waals surface area contributed by atoms with Crippen molar-refractivity contribution in [2.45, 2.75) is 12.8 Å². The van der Waals surface area contributed by atoms with Crippen molar-refractivity contribution in [1.82, 2.24) is 10.3 Å². The van der Waals surface area contributed by atoms with Gasteiger partial charge in [-0.05, 0) is 42.9 Å². The summed E-state index contributed by atoms with van der Waals surface area (Å²) in [6.45, 7) is 1.97. The third-order valence-electron chi connectivity index (χ3n) is 3.59. The second-order valence-electron chi connectivity index (χ2n) is 5.01. The molecule has 98 valence electrons. The lowest BCUT2D eigenvalue weighted by atomic mass is 10.0. The molecule has 0 radical (unpaired) electrons. The lowest BCUT2D eigenvalue weighted by Crippen LogP contribution is -2.18. The van der Waals surface area contributed by atoms with Gasteiger partial charge in [-0.25, -0.2) is 0 Å². The van der Waals surface area contributed by atoms with Gasteiger partial charge < -0.3 is 10.6 Å². The van der Waals surface area contributed by atoms with Crippen LogP contribution in [0.1, 0.15) is 12.8 Å². The number of nitrogens with one attached hydrogen (secondary N) is 2. The topological polar surface area (TPSA) is 54.0 Å². The molecule has 0 aliphatic carbocycles. The molecule has 1 unspecified atom stereocenters. The molecule has 0 bridgehead atoms. The summed E-state index contributed by atoms with van der Waals surface area (Å²) in [7, 11) is 0. The molecule has 2 N–H and O–H groups in total. The summed E-state index contributed by atoms with van der Waals surface area (Å²) in [6.07, 6.45) is 5.23. The molecule has 1 aromatic carbocycles. The summed E-state index contributed by atoms with van der Waals surface area (Å²) in [5, 5.41) is 8.37. The largest absolute Gasteiger partial charge is 0.325 e. The number of pyridine rings is 1. The maximum absolute atomic E-state index is 12.1. The molecular weight excluding hydrogens is 238 g/mol. The summed E-state index contributed by atoms with van der Waals surface area (Å²) in [6, 6.07) is 7.85. The monoisotopic (exact) mass is 255 g/mol. The van der Waals surface area contributed by atoms with Gasteiger partial charge in [-0.3, -0.25) is 9.78 Å². The predicted molar refractivity (Wildman–Crippen MR) is 76.0 cm³/mol. The Kier molecular flexibility index (Phi) is 3.42. The minimum atomic E-state index is 0.0880. The summed E-state index contributed by atoms with van der Waals surface area (Å²) in [5.74, 6) is 0.554. The van der Waals surface area contributed by atoms with Crippen LogP contribution in [0.3, 0.4) is 0 Å². The molecule has 4 nitrogen and oxygen atoms in total. The Labute approximate surface area is 112 Å². The van der Waals surface area contributed by atoms with Gasteiger partial charge in [0, 0.05) is 24.2 Å². The number of hydrogen-bond acceptors (Lipinski definition) is 3. The van der Waals surface area contributed by atoms with Crippen molar-refractivity contribution in [3.05, 3.63) is 36.7 Å². The van der Waals surface area contributed by atoms with Crippen molar-refractivity contribution in [2.75, 3.05) is 18.4 Å². The van der Waals surface area contributed by atoms with Crippen molar-refractivity contribution in [3.8, 4) is 0 Å². The van der Waals surface area contributed by atoms with Gasteiger partial charge >= 0.3 is 0 Å². The van der Waals surface area contributed by atoms with Crippen LogP contribution in [0.4, 0.5) is 5.69 Å². The molecule has 19 heavy (non-hydrogen) atoms. The average Bonchev–Trinajstić information content (AvgIpc) is 2.92. The lowest BCUT2D eigenvalue weighted by molar-refractivity contribution is -0.116. The van der Waals surface area contributed by atoms with E-state index in [0.29, 0.717) is 12.3 Å². The van der Waals surface area contributed by atoms with Gasteiger partial charge in [0.1, 0.15) is 0 Å². The molecule has 1 aliphatic rings. The van der Waals surface area contributed by atoms with Gasteiger partial charge in [-0.2, -0.15) is 0 Å². The Morgan fingerprint density at radius 1 is 1.42 bits per heavy atom. The molecule has 0 spiro atoms. The van der Waals surface area contributed by atoms with Crippen LogP contribution in [0.15, 0.2) is 36.7 Å². The van der Waals surface area contributed by atoms with Crippen LogP contribution in [0.5, 0.6) is 0 Å². The summed E-state index contributed by atoms with van der Waals surface area (Å²) in [5.41, 5.74) is 0.849. The minimum absolute atomic E-state index is 0.0880. The number of carbonyl (C=O) groups excluding carboxylic acids is 1. The molecule has 2 aromatic rings. The van der Waals surface area contributed by atoms with Crippen molar-refractivity contribution in [3.63, 3.8) is 0 Å². The van der Waals surface area contributed by atoms with E-state index in [2.05, 4.69) is 15.6 Å². The Balaban J connectivity index is 1.75. The van der Waals surface area contributed by atoms with Gasteiger partial charge in [0.15, 0.2) is 0 Å². The van der Waals surface area contributed by atoms with E-state index in [1.165, 1.54) is 0 Å². The van der Waals surface area contributed by atoms with E-state index in [1.54, 1.807) is 12.4 Å². The molecule has 2 heterocycles. The first-order valence-electron chi connectivity index (χ1n) is 6.66. The third kappa shape index (κ3) is 2.74. The normalized spacial score (nSPS) is 18.6. The first kappa shape index (κ1) is 12.1. The number of aromatic nitrogens is 1. The smallest absolute Gasteiger partial charge is 0.224 e. The highest BCUT2D eigenvalue weighted by Crippen LogP contribution is 2.23. The summed E-state index contributed by atoms with van der Waals surface area (Å²) < 4.78 is 0. The fourth-order valence-electron chi connectivity index (χ4n) is 2.57. The van der Waals surface area contributed by atoms with Crippen molar-refractivity contribution in [2.24, 2.45) is 5.92 Å². The maximum Gasteiger partial charge on any atom is 0.224 e. The number of nitrogens with zero attached hydrogens (tertiary/aromatic N) is 1. The van der Waals surface area contributed by atoms with Crippen molar-refractivity contribution < 1.29 is 4.79 Å². The van der Waals surface area contributed by atoms with Crippen LogP contribution in [0.2, 0.25) is 0 Å². The Hall–Kier alpha value is -1.94. The number of fused-ring (bicyclic) bond motifs is 1. The quantitative estimate of drug-likeness (QED) is 0.883. The Bertz CT molecular complexity index is 585. The first-order valence-corrected chi connectivity index (χ1v) is 6.66. The number of amides is 1. The molecule has 1 atom stereocenters. The van der Waals surface area contributed by atoms with Gasteiger partial charge in [0.05, 0.1) is 5.69 Å².